The van der Waals surface area contributed by atoms with Crippen LogP contribution in [0.25, 0.3) is 0 Å². The van der Waals surface area contributed by atoms with Gasteiger partial charge in [-0.15, -0.1) is 0 Å². The minimum absolute atomic E-state index is 0.836. The fourth-order valence-electron chi connectivity index (χ4n) is 2.72. The quantitative estimate of drug-likeness (QED) is 0.616. The maximum Gasteiger partial charge on any atom is 0.125 e. The summed E-state index contributed by atoms with van der Waals surface area (Å²) in [5.41, 5.74) is 3.82. The van der Waals surface area contributed by atoms with Crippen LogP contribution < -0.4 is 4.74 Å². The monoisotopic (exact) mass is 277 g/mol. The molecule has 1 aromatic rings. The topological polar surface area (TPSA) is 12.5 Å². The highest BCUT2D eigenvalue weighted by atomic mass is 16.5. The summed E-state index contributed by atoms with van der Waals surface area (Å²) < 4.78 is 5.97. The number of hydrogen-bond acceptors (Lipinski definition) is 2. The molecule has 114 valence electrons. The summed E-state index contributed by atoms with van der Waals surface area (Å²) in [5, 5.41) is 0. The highest BCUT2D eigenvalue weighted by molar-refractivity contribution is 5.42. The normalized spacial score (nSPS) is 11.1. The van der Waals surface area contributed by atoms with Gasteiger partial charge in [0.05, 0.1) is 6.61 Å². The highest BCUT2D eigenvalue weighted by Crippen LogP contribution is 2.24. The van der Waals surface area contributed by atoms with E-state index in [1.54, 1.807) is 0 Å². The first kappa shape index (κ1) is 17.0. The van der Waals surface area contributed by atoms with Crippen molar-refractivity contribution in [1.29, 1.82) is 0 Å². The van der Waals surface area contributed by atoms with E-state index in [0.717, 1.165) is 31.9 Å². The van der Waals surface area contributed by atoms with Gasteiger partial charge < -0.3 is 9.64 Å². The molecule has 0 amide bonds. The molecule has 0 unspecified atom stereocenters. The molecule has 20 heavy (non-hydrogen) atoms. The van der Waals surface area contributed by atoms with Gasteiger partial charge in [-0.05, 0) is 70.8 Å². The van der Waals surface area contributed by atoms with Gasteiger partial charge in [-0.2, -0.15) is 0 Å². The Balaban J connectivity index is 2.25. The molecule has 0 aromatic heterocycles. The van der Waals surface area contributed by atoms with Gasteiger partial charge in [-0.25, -0.2) is 0 Å². The van der Waals surface area contributed by atoms with E-state index in [2.05, 4.69) is 51.7 Å². The second-order valence-electron chi connectivity index (χ2n) is 5.66. The van der Waals surface area contributed by atoms with Crippen molar-refractivity contribution < 1.29 is 4.74 Å². The SMILES string of the molecule is CCN(CC)CCCCCOc1c(C)cc(C)cc1C. The summed E-state index contributed by atoms with van der Waals surface area (Å²) in [7, 11) is 0. The third kappa shape index (κ3) is 5.54. The molecular weight excluding hydrogens is 246 g/mol. The van der Waals surface area contributed by atoms with E-state index in [9.17, 15) is 0 Å². The minimum atomic E-state index is 0.836. The van der Waals surface area contributed by atoms with E-state index in [1.165, 1.54) is 36.1 Å². The Hall–Kier alpha value is -1.02. The third-order valence-corrected chi connectivity index (χ3v) is 3.86. The molecule has 0 aliphatic heterocycles. The number of benzene rings is 1. The lowest BCUT2D eigenvalue weighted by molar-refractivity contribution is 0.276. The van der Waals surface area contributed by atoms with Crippen molar-refractivity contribution in [2.24, 2.45) is 0 Å². The van der Waals surface area contributed by atoms with Crippen LogP contribution in [0.15, 0.2) is 12.1 Å². The lowest BCUT2D eigenvalue weighted by atomic mass is 10.1. The third-order valence-electron chi connectivity index (χ3n) is 3.86. The second kappa shape index (κ2) is 9.02. The summed E-state index contributed by atoms with van der Waals surface area (Å²) in [6.07, 6.45) is 3.67. The molecule has 2 nitrogen and oxygen atoms in total. The Kier molecular flexibility index (Phi) is 7.68. The number of nitrogens with zero attached hydrogens (tertiary/aromatic N) is 1. The van der Waals surface area contributed by atoms with Crippen molar-refractivity contribution in [2.75, 3.05) is 26.2 Å². The van der Waals surface area contributed by atoms with Crippen LogP contribution in [0.2, 0.25) is 0 Å². The lowest BCUT2D eigenvalue weighted by Gasteiger charge is -2.17. The van der Waals surface area contributed by atoms with E-state index in [1.807, 2.05) is 0 Å². The number of rotatable bonds is 9. The first-order chi connectivity index (χ1) is 9.58. The Morgan fingerprint density at radius 3 is 2.05 bits per heavy atom. The fraction of sp³-hybridized carbons (Fsp3) is 0.667. The molecule has 2 heteroatoms. The Bertz CT molecular complexity index is 373. The molecule has 0 saturated heterocycles. The molecule has 1 rings (SSSR count). The van der Waals surface area contributed by atoms with Crippen LogP contribution in [-0.4, -0.2) is 31.1 Å². The van der Waals surface area contributed by atoms with Crippen LogP contribution in [0.1, 0.15) is 49.8 Å². The molecule has 0 bridgehead atoms. The molecule has 0 heterocycles. The van der Waals surface area contributed by atoms with Crippen LogP contribution in [0.3, 0.4) is 0 Å². The van der Waals surface area contributed by atoms with Gasteiger partial charge in [0.25, 0.3) is 0 Å². The van der Waals surface area contributed by atoms with E-state index in [4.69, 9.17) is 4.74 Å². The molecular formula is C18H31NO. The van der Waals surface area contributed by atoms with E-state index >= 15 is 0 Å². The van der Waals surface area contributed by atoms with Gasteiger partial charge >= 0.3 is 0 Å². The van der Waals surface area contributed by atoms with Gasteiger partial charge in [-0.1, -0.05) is 31.5 Å². The molecule has 0 atom stereocenters. The Morgan fingerprint density at radius 2 is 1.50 bits per heavy atom. The van der Waals surface area contributed by atoms with Crippen molar-refractivity contribution in [3.8, 4) is 5.75 Å². The average molecular weight is 277 g/mol. The molecule has 0 spiro atoms. The lowest BCUT2D eigenvalue weighted by Crippen LogP contribution is -2.23. The molecule has 1 aromatic carbocycles. The minimum Gasteiger partial charge on any atom is -0.493 e. The van der Waals surface area contributed by atoms with Gasteiger partial charge in [0.2, 0.25) is 0 Å². The first-order valence-corrected chi connectivity index (χ1v) is 8.01. The molecule has 0 aliphatic rings. The average Bonchev–Trinajstić information content (AvgIpc) is 2.40. The zero-order valence-corrected chi connectivity index (χ0v) is 14.0. The molecule has 0 radical (unpaired) electrons. The van der Waals surface area contributed by atoms with Crippen LogP contribution in [-0.2, 0) is 0 Å². The van der Waals surface area contributed by atoms with Gasteiger partial charge in [-0.3, -0.25) is 0 Å². The van der Waals surface area contributed by atoms with E-state index in [-0.39, 0.29) is 0 Å². The standard InChI is InChI=1S/C18H31NO/c1-6-19(7-2)11-9-8-10-12-20-18-16(4)13-15(3)14-17(18)5/h13-14H,6-12H2,1-5H3. The fourth-order valence-corrected chi connectivity index (χ4v) is 2.72. The summed E-state index contributed by atoms with van der Waals surface area (Å²) in [6, 6.07) is 4.39. The maximum absolute atomic E-state index is 5.97. The van der Waals surface area contributed by atoms with Crippen molar-refractivity contribution in [3.05, 3.63) is 28.8 Å². The summed E-state index contributed by atoms with van der Waals surface area (Å²) in [5.74, 6) is 1.08. The van der Waals surface area contributed by atoms with Crippen LogP contribution in [0.5, 0.6) is 5.75 Å². The van der Waals surface area contributed by atoms with Gasteiger partial charge in [0, 0.05) is 0 Å². The predicted octanol–water partition coefficient (Wildman–Crippen LogP) is 4.50. The van der Waals surface area contributed by atoms with E-state index in [0.29, 0.717) is 0 Å². The Morgan fingerprint density at radius 1 is 0.900 bits per heavy atom. The zero-order chi connectivity index (χ0) is 15.0. The number of aryl methyl sites for hydroxylation is 3. The smallest absolute Gasteiger partial charge is 0.125 e. The number of unbranched alkanes of at least 4 members (excludes halogenated alkanes) is 2. The summed E-state index contributed by atoms with van der Waals surface area (Å²) >= 11 is 0. The summed E-state index contributed by atoms with van der Waals surface area (Å²) in [6.45, 7) is 15.2. The zero-order valence-electron chi connectivity index (χ0n) is 14.0. The van der Waals surface area contributed by atoms with Crippen molar-refractivity contribution in [3.63, 3.8) is 0 Å². The number of hydrogen-bond donors (Lipinski definition) is 0. The van der Waals surface area contributed by atoms with Gasteiger partial charge in [0.1, 0.15) is 5.75 Å². The van der Waals surface area contributed by atoms with Crippen molar-refractivity contribution in [2.45, 2.75) is 53.9 Å². The predicted molar refractivity (Wildman–Crippen MR) is 87.8 cm³/mol. The number of ether oxygens (including phenoxy) is 1. The molecule has 0 aliphatic carbocycles. The maximum atomic E-state index is 5.97. The van der Waals surface area contributed by atoms with Crippen molar-refractivity contribution in [1.82, 2.24) is 4.90 Å². The van der Waals surface area contributed by atoms with Crippen LogP contribution >= 0.6 is 0 Å². The molecule has 0 fully saturated rings. The van der Waals surface area contributed by atoms with Crippen LogP contribution in [0, 0.1) is 20.8 Å². The second-order valence-corrected chi connectivity index (χ2v) is 5.66. The van der Waals surface area contributed by atoms with Gasteiger partial charge in [0.15, 0.2) is 0 Å². The van der Waals surface area contributed by atoms with Crippen LogP contribution in [0.4, 0.5) is 0 Å². The molecule has 0 N–H and O–H groups in total. The largest absolute Gasteiger partial charge is 0.493 e. The van der Waals surface area contributed by atoms with Crippen molar-refractivity contribution >= 4 is 0 Å². The summed E-state index contributed by atoms with van der Waals surface area (Å²) in [4.78, 5) is 2.48. The first-order valence-electron chi connectivity index (χ1n) is 8.01. The van der Waals surface area contributed by atoms with E-state index < -0.39 is 0 Å². The molecule has 0 saturated carbocycles. The Labute approximate surface area is 125 Å². The highest BCUT2D eigenvalue weighted by Gasteiger charge is 2.05.